The van der Waals surface area contributed by atoms with Gasteiger partial charge in [0.15, 0.2) is 0 Å². The van der Waals surface area contributed by atoms with E-state index in [1.54, 1.807) is 0 Å². The van der Waals surface area contributed by atoms with Crippen LogP contribution in [0.1, 0.15) is 32.3 Å². The fourth-order valence-corrected chi connectivity index (χ4v) is 1.97. The average Bonchev–Trinajstić information content (AvgIpc) is 2.32. The largest absolute Gasteiger partial charge is 0.324 e. The summed E-state index contributed by atoms with van der Waals surface area (Å²) in [4.78, 5) is 2.19. The molecule has 0 saturated carbocycles. The minimum absolute atomic E-state index is 0.116. The lowest BCUT2D eigenvalue weighted by Gasteiger charge is -2.32. The Morgan fingerprint density at radius 1 is 1.18 bits per heavy atom. The molecule has 0 aromatic heterocycles. The van der Waals surface area contributed by atoms with Gasteiger partial charge in [-0.25, -0.2) is 4.39 Å². The Balaban J connectivity index is 2.54. The van der Waals surface area contributed by atoms with Crippen molar-refractivity contribution in [2.45, 2.75) is 38.8 Å². The highest BCUT2D eigenvalue weighted by Crippen LogP contribution is 2.14. The van der Waals surface area contributed by atoms with Crippen molar-refractivity contribution in [1.82, 2.24) is 4.90 Å². The van der Waals surface area contributed by atoms with Crippen LogP contribution in [0.5, 0.6) is 0 Å². The maximum Gasteiger partial charge on any atom is 0.123 e. The van der Waals surface area contributed by atoms with Crippen LogP contribution in [-0.4, -0.2) is 24.0 Å². The van der Waals surface area contributed by atoms with Crippen LogP contribution < -0.4 is 5.73 Å². The summed E-state index contributed by atoms with van der Waals surface area (Å²) in [5.41, 5.74) is 7.27. The molecule has 0 aliphatic rings. The van der Waals surface area contributed by atoms with E-state index in [1.165, 1.54) is 12.1 Å². The Labute approximate surface area is 104 Å². The lowest BCUT2D eigenvalue weighted by molar-refractivity contribution is 0.228. The third-order valence-electron chi connectivity index (χ3n) is 3.36. The quantitative estimate of drug-likeness (QED) is 0.825. The SMILES string of the molecule is CCC(N)(CC)CN(C)Cc1ccc(F)cc1. The van der Waals surface area contributed by atoms with Gasteiger partial charge in [-0.1, -0.05) is 26.0 Å². The topological polar surface area (TPSA) is 29.3 Å². The Kier molecular flexibility index (Phi) is 5.09. The van der Waals surface area contributed by atoms with Gasteiger partial charge in [0.05, 0.1) is 0 Å². The molecule has 2 N–H and O–H groups in total. The van der Waals surface area contributed by atoms with Gasteiger partial charge in [-0.15, -0.1) is 0 Å². The van der Waals surface area contributed by atoms with Gasteiger partial charge < -0.3 is 10.6 Å². The van der Waals surface area contributed by atoms with E-state index >= 15 is 0 Å². The summed E-state index contributed by atoms with van der Waals surface area (Å²) in [6.07, 6.45) is 1.94. The highest BCUT2D eigenvalue weighted by Gasteiger charge is 2.21. The molecule has 1 aromatic carbocycles. The molecule has 1 rings (SSSR count). The van der Waals surface area contributed by atoms with Crippen LogP contribution in [0.2, 0.25) is 0 Å². The fraction of sp³-hybridized carbons (Fsp3) is 0.571. The molecule has 0 fully saturated rings. The summed E-state index contributed by atoms with van der Waals surface area (Å²) in [5.74, 6) is -0.188. The zero-order valence-electron chi connectivity index (χ0n) is 11.0. The van der Waals surface area contributed by atoms with Crippen molar-refractivity contribution in [3.8, 4) is 0 Å². The molecule has 96 valence electrons. The highest BCUT2D eigenvalue weighted by atomic mass is 19.1. The zero-order valence-corrected chi connectivity index (χ0v) is 11.0. The summed E-state index contributed by atoms with van der Waals surface area (Å²) >= 11 is 0. The van der Waals surface area contributed by atoms with Crippen molar-refractivity contribution in [1.29, 1.82) is 0 Å². The molecule has 0 spiro atoms. The summed E-state index contributed by atoms with van der Waals surface area (Å²) in [6, 6.07) is 6.64. The Morgan fingerprint density at radius 2 is 1.71 bits per heavy atom. The van der Waals surface area contributed by atoms with Crippen molar-refractivity contribution in [2.75, 3.05) is 13.6 Å². The van der Waals surface area contributed by atoms with Crippen LogP contribution in [0.3, 0.4) is 0 Å². The molecule has 2 nitrogen and oxygen atoms in total. The van der Waals surface area contributed by atoms with Crippen molar-refractivity contribution in [2.24, 2.45) is 5.73 Å². The summed E-state index contributed by atoms with van der Waals surface area (Å²) in [6.45, 7) is 5.90. The van der Waals surface area contributed by atoms with Gasteiger partial charge >= 0.3 is 0 Å². The predicted molar refractivity (Wildman–Crippen MR) is 70.2 cm³/mol. The minimum atomic E-state index is -0.188. The molecule has 0 saturated heterocycles. The molecule has 3 heteroatoms. The van der Waals surface area contributed by atoms with E-state index in [0.29, 0.717) is 0 Å². The zero-order chi connectivity index (χ0) is 12.9. The summed E-state index contributed by atoms with van der Waals surface area (Å²) < 4.78 is 12.8. The van der Waals surface area contributed by atoms with Gasteiger partial charge in [0.2, 0.25) is 0 Å². The fourth-order valence-electron chi connectivity index (χ4n) is 1.97. The van der Waals surface area contributed by atoms with E-state index in [0.717, 1.165) is 31.5 Å². The number of nitrogens with two attached hydrogens (primary N) is 1. The number of rotatable bonds is 6. The Hall–Kier alpha value is -0.930. The molecule has 0 radical (unpaired) electrons. The van der Waals surface area contributed by atoms with E-state index in [9.17, 15) is 4.39 Å². The third-order valence-corrected chi connectivity index (χ3v) is 3.36. The second kappa shape index (κ2) is 6.12. The van der Waals surface area contributed by atoms with Crippen molar-refractivity contribution < 1.29 is 4.39 Å². The van der Waals surface area contributed by atoms with E-state index in [1.807, 2.05) is 12.1 Å². The second-order valence-electron chi connectivity index (χ2n) is 4.87. The number of hydrogen-bond donors (Lipinski definition) is 1. The third kappa shape index (κ3) is 4.44. The van der Waals surface area contributed by atoms with E-state index in [-0.39, 0.29) is 11.4 Å². The van der Waals surface area contributed by atoms with E-state index in [4.69, 9.17) is 5.73 Å². The van der Waals surface area contributed by atoms with Crippen LogP contribution in [-0.2, 0) is 6.54 Å². The second-order valence-corrected chi connectivity index (χ2v) is 4.87. The Bertz CT molecular complexity index is 331. The molecule has 0 bridgehead atoms. The number of nitrogens with zero attached hydrogens (tertiary/aromatic N) is 1. The summed E-state index contributed by atoms with van der Waals surface area (Å²) in [5, 5.41) is 0. The molecule has 0 aliphatic heterocycles. The van der Waals surface area contributed by atoms with Gasteiger partial charge in [-0.2, -0.15) is 0 Å². The first kappa shape index (κ1) is 14.1. The van der Waals surface area contributed by atoms with Crippen LogP contribution in [0.15, 0.2) is 24.3 Å². The number of halogens is 1. The normalized spacial score (nSPS) is 12.1. The van der Waals surface area contributed by atoms with Crippen LogP contribution in [0.25, 0.3) is 0 Å². The standard InChI is InChI=1S/C14H23FN2/c1-4-14(16,5-2)11-17(3)10-12-6-8-13(15)9-7-12/h6-9H,4-5,10-11,16H2,1-3H3. The van der Waals surface area contributed by atoms with Gasteiger partial charge in [0.25, 0.3) is 0 Å². The van der Waals surface area contributed by atoms with Crippen molar-refractivity contribution in [3.05, 3.63) is 35.6 Å². The molecular weight excluding hydrogens is 215 g/mol. The Morgan fingerprint density at radius 3 is 2.18 bits per heavy atom. The number of hydrogen-bond acceptors (Lipinski definition) is 2. The van der Waals surface area contributed by atoms with E-state index in [2.05, 4.69) is 25.8 Å². The number of benzene rings is 1. The minimum Gasteiger partial charge on any atom is -0.324 e. The molecule has 0 amide bonds. The summed E-state index contributed by atoms with van der Waals surface area (Å²) in [7, 11) is 2.05. The van der Waals surface area contributed by atoms with Crippen LogP contribution >= 0.6 is 0 Å². The molecule has 0 aliphatic carbocycles. The molecule has 17 heavy (non-hydrogen) atoms. The molecule has 1 aromatic rings. The smallest absolute Gasteiger partial charge is 0.123 e. The monoisotopic (exact) mass is 238 g/mol. The first-order chi connectivity index (χ1) is 7.99. The van der Waals surface area contributed by atoms with Gasteiger partial charge in [-0.05, 0) is 37.6 Å². The maximum atomic E-state index is 12.8. The first-order valence-electron chi connectivity index (χ1n) is 6.21. The van der Waals surface area contributed by atoms with Gasteiger partial charge in [-0.3, -0.25) is 0 Å². The lowest BCUT2D eigenvalue weighted by Crippen LogP contribution is -2.48. The molecular formula is C14H23FN2. The first-order valence-corrected chi connectivity index (χ1v) is 6.21. The predicted octanol–water partition coefficient (Wildman–Crippen LogP) is 2.78. The van der Waals surface area contributed by atoms with Crippen molar-refractivity contribution in [3.63, 3.8) is 0 Å². The molecule has 0 heterocycles. The lowest BCUT2D eigenvalue weighted by atomic mass is 9.93. The maximum absolute atomic E-state index is 12.8. The van der Waals surface area contributed by atoms with Gasteiger partial charge in [0, 0.05) is 18.6 Å². The molecule has 0 unspecified atom stereocenters. The number of likely N-dealkylation sites (N-methyl/N-ethyl adjacent to an activating group) is 1. The van der Waals surface area contributed by atoms with Crippen molar-refractivity contribution >= 4 is 0 Å². The average molecular weight is 238 g/mol. The highest BCUT2D eigenvalue weighted by molar-refractivity contribution is 5.15. The van der Waals surface area contributed by atoms with E-state index < -0.39 is 0 Å². The molecule has 0 atom stereocenters. The van der Waals surface area contributed by atoms with Crippen LogP contribution in [0.4, 0.5) is 4.39 Å². The van der Waals surface area contributed by atoms with Gasteiger partial charge in [0.1, 0.15) is 5.82 Å². The van der Waals surface area contributed by atoms with Crippen LogP contribution in [0, 0.1) is 5.82 Å².